The Kier molecular flexibility index (Phi) is 6.11. The molecule has 108 valence electrons. The molecule has 0 aliphatic rings. The standard InChI is InChI=1S/C15H27N3S/c1-7-15(8-2,19-6)10-16-14-17-12(5)9-13(18-14)11(3)4/h9,11H,7-8,10H2,1-6H3,(H,16,17,18). The Bertz CT molecular complexity index is 392. The summed E-state index contributed by atoms with van der Waals surface area (Å²) in [6.45, 7) is 11.8. The van der Waals surface area contributed by atoms with E-state index in [0.717, 1.165) is 36.7 Å². The van der Waals surface area contributed by atoms with Crippen LogP contribution in [0.4, 0.5) is 5.95 Å². The number of rotatable bonds is 7. The van der Waals surface area contributed by atoms with Gasteiger partial charge in [-0.3, -0.25) is 0 Å². The molecule has 1 aromatic rings. The first-order chi connectivity index (χ1) is 8.96. The van der Waals surface area contributed by atoms with Crippen LogP contribution in [0, 0.1) is 6.92 Å². The fourth-order valence-electron chi connectivity index (χ4n) is 2.07. The monoisotopic (exact) mass is 281 g/mol. The molecular weight excluding hydrogens is 254 g/mol. The fourth-order valence-corrected chi connectivity index (χ4v) is 2.86. The lowest BCUT2D eigenvalue weighted by molar-refractivity contribution is 0.572. The quantitative estimate of drug-likeness (QED) is 0.811. The molecule has 0 aromatic carbocycles. The second-order valence-electron chi connectivity index (χ2n) is 5.36. The van der Waals surface area contributed by atoms with E-state index < -0.39 is 0 Å². The van der Waals surface area contributed by atoms with Gasteiger partial charge in [0.2, 0.25) is 5.95 Å². The third-order valence-electron chi connectivity index (χ3n) is 3.76. The first-order valence-corrected chi connectivity index (χ1v) is 8.33. The second kappa shape index (κ2) is 7.13. The molecule has 1 N–H and O–H groups in total. The van der Waals surface area contributed by atoms with Crippen molar-refractivity contribution in [2.24, 2.45) is 0 Å². The number of hydrogen-bond acceptors (Lipinski definition) is 4. The molecule has 0 bridgehead atoms. The van der Waals surface area contributed by atoms with Crippen LogP contribution in [0.25, 0.3) is 0 Å². The molecular formula is C15H27N3S. The van der Waals surface area contributed by atoms with Crippen LogP contribution in [-0.2, 0) is 0 Å². The van der Waals surface area contributed by atoms with Crippen LogP contribution in [0.15, 0.2) is 6.07 Å². The number of nitrogens with zero attached hydrogens (tertiary/aromatic N) is 2. The van der Waals surface area contributed by atoms with E-state index in [1.54, 1.807) is 0 Å². The number of aryl methyl sites for hydroxylation is 1. The van der Waals surface area contributed by atoms with Gasteiger partial charge in [-0.25, -0.2) is 9.97 Å². The predicted molar refractivity (Wildman–Crippen MR) is 86.2 cm³/mol. The molecule has 3 nitrogen and oxygen atoms in total. The highest BCUT2D eigenvalue weighted by molar-refractivity contribution is 8.00. The maximum Gasteiger partial charge on any atom is 0.223 e. The van der Waals surface area contributed by atoms with E-state index in [1.807, 2.05) is 18.7 Å². The van der Waals surface area contributed by atoms with Crippen LogP contribution in [0.3, 0.4) is 0 Å². The number of thioether (sulfide) groups is 1. The first kappa shape index (κ1) is 16.3. The molecule has 0 aliphatic carbocycles. The van der Waals surface area contributed by atoms with Crippen molar-refractivity contribution in [3.8, 4) is 0 Å². The van der Waals surface area contributed by atoms with Crippen LogP contribution in [0.1, 0.15) is 57.8 Å². The minimum Gasteiger partial charge on any atom is -0.353 e. The van der Waals surface area contributed by atoms with E-state index in [2.05, 4.69) is 55.3 Å². The van der Waals surface area contributed by atoms with Gasteiger partial charge in [0.15, 0.2) is 0 Å². The summed E-state index contributed by atoms with van der Waals surface area (Å²) in [6.07, 6.45) is 4.49. The van der Waals surface area contributed by atoms with Crippen molar-refractivity contribution in [3.05, 3.63) is 17.5 Å². The van der Waals surface area contributed by atoms with Gasteiger partial charge in [-0.2, -0.15) is 11.8 Å². The molecule has 0 saturated carbocycles. The number of nitrogens with one attached hydrogen (secondary N) is 1. The molecule has 0 aliphatic heterocycles. The Hall–Kier alpha value is -0.770. The normalized spacial score (nSPS) is 11.9. The summed E-state index contributed by atoms with van der Waals surface area (Å²) in [5, 5.41) is 3.43. The highest BCUT2D eigenvalue weighted by Gasteiger charge is 2.24. The van der Waals surface area contributed by atoms with Crippen molar-refractivity contribution in [2.75, 3.05) is 18.1 Å². The fraction of sp³-hybridized carbons (Fsp3) is 0.733. The Morgan fingerprint density at radius 1 is 1.26 bits per heavy atom. The van der Waals surface area contributed by atoms with Crippen molar-refractivity contribution in [1.29, 1.82) is 0 Å². The van der Waals surface area contributed by atoms with Gasteiger partial charge in [-0.1, -0.05) is 27.7 Å². The Balaban J connectivity index is 2.82. The smallest absolute Gasteiger partial charge is 0.223 e. The van der Waals surface area contributed by atoms with Crippen LogP contribution in [-0.4, -0.2) is 27.5 Å². The minimum atomic E-state index is 0.283. The SMILES string of the molecule is CCC(CC)(CNc1nc(C)cc(C(C)C)n1)SC. The Labute approximate surface area is 122 Å². The number of anilines is 1. The van der Waals surface area contributed by atoms with Crippen LogP contribution in [0.5, 0.6) is 0 Å². The lowest BCUT2D eigenvalue weighted by Gasteiger charge is -2.29. The molecule has 1 rings (SSSR count). The molecule has 0 atom stereocenters. The third kappa shape index (κ3) is 4.37. The zero-order valence-corrected chi connectivity index (χ0v) is 13.9. The Morgan fingerprint density at radius 3 is 2.37 bits per heavy atom. The Morgan fingerprint density at radius 2 is 1.89 bits per heavy atom. The predicted octanol–water partition coefficient (Wildman–Crippen LogP) is 4.24. The van der Waals surface area contributed by atoms with E-state index in [0.29, 0.717) is 5.92 Å². The molecule has 19 heavy (non-hydrogen) atoms. The zero-order valence-electron chi connectivity index (χ0n) is 13.1. The topological polar surface area (TPSA) is 37.8 Å². The van der Waals surface area contributed by atoms with Gasteiger partial charge in [0.1, 0.15) is 0 Å². The minimum absolute atomic E-state index is 0.283. The van der Waals surface area contributed by atoms with Crippen LogP contribution >= 0.6 is 11.8 Å². The van der Waals surface area contributed by atoms with Crippen molar-refractivity contribution >= 4 is 17.7 Å². The van der Waals surface area contributed by atoms with Crippen molar-refractivity contribution in [2.45, 2.75) is 58.1 Å². The summed E-state index contributed by atoms with van der Waals surface area (Å²) in [5.41, 5.74) is 2.14. The molecule has 0 unspecified atom stereocenters. The van der Waals surface area contributed by atoms with Gasteiger partial charge in [-0.05, 0) is 38.0 Å². The second-order valence-corrected chi connectivity index (χ2v) is 6.63. The van der Waals surface area contributed by atoms with E-state index >= 15 is 0 Å². The summed E-state index contributed by atoms with van der Waals surface area (Å²) >= 11 is 1.93. The first-order valence-electron chi connectivity index (χ1n) is 7.11. The lowest BCUT2D eigenvalue weighted by atomic mass is 10.0. The van der Waals surface area contributed by atoms with Crippen molar-refractivity contribution < 1.29 is 0 Å². The van der Waals surface area contributed by atoms with Gasteiger partial charge in [0.25, 0.3) is 0 Å². The van der Waals surface area contributed by atoms with Crippen LogP contribution < -0.4 is 5.32 Å². The van der Waals surface area contributed by atoms with Gasteiger partial charge in [0.05, 0.1) is 0 Å². The number of aromatic nitrogens is 2. The largest absolute Gasteiger partial charge is 0.353 e. The molecule has 1 aromatic heterocycles. The third-order valence-corrected chi connectivity index (χ3v) is 5.34. The van der Waals surface area contributed by atoms with E-state index in [4.69, 9.17) is 0 Å². The van der Waals surface area contributed by atoms with E-state index in [1.165, 1.54) is 0 Å². The maximum absolute atomic E-state index is 4.61. The summed E-state index contributed by atoms with van der Waals surface area (Å²) in [5.74, 6) is 1.20. The molecule has 1 heterocycles. The van der Waals surface area contributed by atoms with Crippen molar-refractivity contribution in [1.82, 2.24) is 9.97 Å². The average Bonchev–Trinajstić information content (AvgIpc) is 2.40. The number of hydrogen-bond donors (Lipinski definition) is 1. The highest BCUT2D eigenvalue weighted by Crippen LogP contribution is 2.30. The molecule has 0 amide bonds. The van der Waals surface area contributed by atoms with E-state index in [-0.39, 0.29) is 4.75 Å². The molecule has 4 heteroatoms. The molecule has 0 spiro atoms. The molecule has 0 saturated heterocycles. The molecule has 0 fully saturated rings. The zero-order chi connectivity index (χ0) is 14.5. The van der Waals surface area contributed by atoms with Crippen LogP contribution in [0.2, 0.25) is 0 Å². The van der Waals surface area contributed by atoms with Gasteiger partial charge in [-0.15, -0.1) is 0 Å². The average molecular weight is 281 g/mol. The summed E-state index contributed by atoms with van der Waals surface area (Å²) in [4.78, 5) is 9.10. The van der Waals surface area contributed by atoms with Gasteiger partial charge in [0, 0.05) is 22.7 Å². The van der Waals surface area contributed by atoms with Crippen molar-refractivity contribution in [3.63, 3.8) is 0 Å². The summed E-state index contributed by atoms with van der Waals surface area (Å²) in [6, 6.07) is 2.07. The maximum atomic E-state index is 4.61. The highest BCUT2D eigenvalue weighted by atomic mass is 32.2. The summed E-state index contributed by atoms with van der Waals surface area (Å²) < 4.78 is 0.283. The van der Waals surface area contributed by atoms with Gasteiger partial charge >= 0.3 is 0 Å². The van der Waals surface area contributed by atoms with Gasteiger partial charge < -0.3 is 5.32 Å². The van der Waals surface area contributed by atoms with E-state index in [9.17, 15) is 0 Å². The summed E-state index contributed by atoms with van der Waals surface area (Å²) in [7, 11) is 0. The molecule has 0 radical (unpaired) electrons. The lowest BCUT2D eigenvalue weighted by Crippen LogP contribution is -2.32.